The number of rotatable bonds is 4. The van der Waals surface area contributed by atoms with Gasteiger partial charge in [0.25, 0.3) is 5.91 Å². The summed E-state index contributed by atoms with van der Waals surface area (Å²) in [7, 11) is 2.77. The summed E-state index contributed by atoms with van der Waals surface area (Å²) in [6.45, 7) is 5.63. The molecule has 1 aromatic rings. The molecular formula is C16H20N2O4. The molecule has 1 atom stereocenters. The second kappa shape index (κ2) is 5.79. The first-order chi connectivity index (χ1) is 10.3. The molecule has 6 heteroatoms. The highest BCUT2D eigenvalue weighted by Gasteiger charge is 2.42. The van der Waals surface area contributed by atoms with Crippen LogP contribution in [0, 0.1) is 5.92 Å². The number of methoxy groups -OCH3 is 2. The predicted octanol–water partition coefficient (Wildman–Crippen LogP) is 1.77. The first-order valence-electron chi connectivity index (χ1n) is 7.02. The Hall–Kier alpha value is -2.37. The Kier molecular flexibility index (Phi) is 4.21. The fourth-order valence-electron chi connectivity index (χ4n) is 2.28. The lowest BCUT2D eigenvalue weighted by Crippen LogP contribution is -2.41. The molecule has 2 rings (SSSR count). The van der Waals surface area contributed by atoms with Gasteiger partial charge in [-0.15, -0.1) is 0 Å². The summed E-state index contributed by atoms with van der Waals surface area (Å²) in [4.78, 5) is 28.8. The van der Waals surface area contributed by atoms with Gasteiger partial charge in [-0.25, -0.2) is 4.79 Å². The Labute approximate surface area is 129 Å². The molecule has 1 amide bonds. The number of hydrogen-bond acceptors (Lipinski definition) is 5. The topological polar surface area (TPSA) is 77.0 Å². The van der Waals surface area contributed by atoms with Gasteiger partial charge in [0.1, 0.15) is 22.7 Å². The van der Waals surface area contributed by atoms with Crippen LogP contribution < -0.4 is 10.1 Å². The van der Waals surface area contributed by atoms with Crippen molar-refractivity contribution in [3.63, 3.8) is 0 Å². The third-order valence-corrected chi connectivity index (χ3v) is 4.05. The molecule has 0 saturated carbocycles. The Morgan fingerprint density at radius 3 is 2.50 bits per heavy atom. The monoisotopic (exact) mass is 304 g/mol. The number of esters is 1. The van der Waals surface area contributed by atoms with Crippen LogP contribution in [-0.4, -0.2) is 37.5 Å². The van der Waals surface area contributed by atoms with E-state index in [1.807, 2.05) is 13.8 Å². The Balaban J connectivity index is 2.59. The fourth-order valence-corrected chi connectivity index (χ4v) is 2.28. The molecule has 0 spiro atoms. The molecule has 1 heterocycles. The molecule has 0 saturated heterocycles. The van der Waals surface area contributed by atoms with Crippen molar-refractivity contribution < 1.29 is 19.1 Å². The van der Waals surface area contributed by atoms with Crippen LogP contribution in [0.1, 0.15) is 36.7 Å². The molecule has 1 aliphatic heterocycles. The minimum atomic E-state index is -0.855. The molecule has 1 aromatic carbocycles. The molecule has 1 N–H and O–H groups in total. The van der Waals surface area contributed by atoms with E-state index in [9.17, 15) is 9.59 Å². The molecule has 0 bridgehead atoms. The number of nitrogens with one attached hydrogen (secondary N) is 1. The number of nitrogens with zero attached hydrogens (tertiary/aromatic N) is 1. The van der Waals surface area contributed by atoms with Crippen LogP contribution in [0.15, 0.2) is 23.2 Å². The van der Waals surface area contributed by atoms with Crippen molar-refractivity contribution in [2.45, 2.75) is 26.3 Å². The number of ether oxygens (including phenoxy) is 2. The molecule has 0 aliphatic carbocycles. The number of amides is 1. The van der Waals surface area contributed by atoms with E-state index in [-0.39, 0.29) is 17.4 Å². The van der Waals surface area contributed by atoms with Crippen molar-refractivity contribution in [3.05, 3.63) is 29.3 Å². The van der Waals surface area contributed by atoms with Crippen LogP contribution in [-0.2, 0) is 9.53 Å². The standard InChI is InChI=1S/C16H20N2O4/c1-9(2)16(3)15(20)17-13(18-16)10-7-6-8-11(21-4)12(10)14(19)22-5/h6-9H,1-5H3,(H,17,18,20). The van der Waals surface area contributed by atoms with E-state index in [1.165, 1.54) is 14.2 Å². The highest BCUT2D eigenvalue weighted by molar-refractivity contribution is 6.19. The predicted molar refractivity (Wildman–Crippen MR) is 82.3 cm³/mol. The van der Waals surface area contributed by atoms with Crippen LogP contribution >= 0.6 is 0 Å². The Morgan fingerprint density at radius 2 is 2.00 bits per heavy atom. The van der Waals surface area contributed by atoms with Crippen molar-refractivity contribution in [2.24, 2.45) is 10.9 Å². The van der Waals surface area contributed by atoms with Crippen molar-refractivity contribution in [3.8, 4) is 5.75 Å². The summed E-state index contributed by atoms with van der Waals surface area (Å²) in [5.41, 5.74) is -0.116. The van der Waals surface area contributed by atoms with E-state index in [2.05, 4.69) is 10.3 Å². The molecular weight excluding hydrogens is 284 g/mol. The first kappa shape index (κ1) is 16.0. The van der Waals surface area contributed by atoms with Gasteiger partial charge >= 0.3 is 5.97 Å². The smallest absolute Gasteiger partial charge is 0.342 e. The summed E-state index contributed by atoms with van der Waals surface area (Å²) in [6, 6.07) is 5.11. The van der Waals surface area contributed by atoms with E-state index in [4.69, 9.17) is 9.47 Å². The normalized spacial score (nSPS) is 20.6. The lowest BCUT2D eigenvalue weighted by molar-refractivity contribution is -0.124. The van der Waals surface area contributed by atoms with Gasteiger partial charge in [0, 0.05) is 5.56 Å². The van der Waals surface area contributed by atoms with E-state index >= 15 is 0 Å². The minimum absolute atomic E-state index is 0.0252. The number of amidine groups is 1. The van der Waals surface area contributed by atoms with Gasteiger partial charge in [-0.3, -0.25) is 9.79 Å². The van der Waals surface area contributed by atoms with E-state index in [0.29, 0.717) is 17.1 Å². The third kappa shape index (κ3) is 2.45. The van der Waals surface area contributed by atoms with Gasteiger partial charge in [-0.2, -0.15) is 0 Å². The highest BCUT2D eigenvalue weighted by atomic mass is 16.5. The third-order valence-electron chi connectivity index (χ3n) is 4.05. The molecule has 1 aliphatic rings. The van der Waals surface area contributed by atoms with Gasteiger partial charge in [0.2, 0.25) is 0 Å². The molecule has 6 nitrogen and oxygen atoms in total. The second-order valence-corrected chi connectivity index (χ2v) is 5.59. The maximum Gasteiger partial charge on any atom is 0.342 e. The van der Waals surface area contributed by atoms with E-state index < -0.39 is 11.5 Å². The summed E-state index contributed by atoms with van der Waals surface area (Å²) < 4.78 is 10.0. The minimum Gasteiger partial charge on any atom is -0.496 e. The average Bonchev–Trinajstić information content (AvgIpc) is 2.82. The zero-order valence-electron chi connectivity index (χ0n) is 13.4. The van der Waals surface area contributed by atoms with Crippen LogP contribution in [0.4, 0.5) is 0 Å². The largest absolute Gasteiger partial charge is 0.496 e. The molecule has 0 aromatic heterocycles. The van der Waals surface area contributed by atoms with Gasteiger partial charge in [0.05, 0.1) is 14.2 Å². The number of carbonyl (C=O) groups is 2. The van der Waals surface area contributed by atoms with Gasteiger partial charge < -0.3 is 14.8 Å². The maximum absolute atomic E-state index is 12.3. The van der Waals surface area contributed by atoms with Crippen LogP contribution in [0.5, 0.6) is 5.75 Å². The summed E-state index contributed by atoms with van der Waals surface area (Å²) >= 11 is 0. The Morgan fingerprint density at radius 1 is 1.32 bits per heavy atom. The maximum atomic E-state index is 12.3. The Bertz CT molecular complexity index is 652. The molecule has 0 fully saturated rings. The highest BCUT2D eigenvalue weighted by Crippen LogP contribution is 2.30. The lowest BCUT2D eigenvalue weighted by Gasteiger charge is -2.21. The molecule has 0 radical (unpaired) electrons. The molecule has 1 unspecified atom stereocenters. The number of benzene rings is 1. The van der Waals surface area contributed by atoms with E-state index in [1.54, 1.807) is 25.1 Å². The van der Waals surface area contributed by atoms with Crippen molar-refractivity contribution in [1.82, 2.24) is 5.32 Å². The van der Waals surface area contributed by atoms with Crippen molar-refractivity contribution >= 4 is 17.7 Å². The summed E-state index contributed by atoms with van der Waals surface area (Å²) in [5.74, 6) is 0.0378. The SMILES string of the molecule is COC(=O)c1c(OC)cccc1C1=NC(C)(C(C)C)C(=O)N1. The van der Waals surface area contributed by atoms with Crippen LogP contribution in [0.25, 0.3) is 0 Å². The first-order valence-corrected chi connectivity index (χ1v) is 7.02. The van der Waals surface area contributed by atoms with Crippen LogP contribution in [0.3, 0.4) is 0 Å². The van der Waals surface area contributed by atoms with Crippen LogP contribution in [0.2, 0.25) is 0 Å². The quantitative estimate of drug-likeness (QED) is 0.860. The van der Waals surface area contributed by atoms with E-state index in [0.717, 1.165) is 0 Å². The zero-order valence-corrected chi connectivity index (χ0v) is 13.4. The number of carbonyl (C=O) groups excluding carboxylic acids is 2. The lowest BCUT2D eigenvalue weighted by atomic mass is 9.89. The van der Waals surface area contributed by atoms with Gasteiger partial charge in [-0.1, -0.05) is 26.0 Å². The molecule has 22 heavy (non-hydrogen) atoms. The summed E-state index contributed by atoms with van der Waals surface area (Å²) in [6.07, 6.45) is 0. The fraction of sp³-hybridized carbons (Fsp3) is 0.438. The summed E-state index contributed by atoms with van der Waals surface area (Å²) in [5, 5.41) is 2.76. The number of aliphatic imine (C=N–C) groups is 1. The van der Waals surface area contributed by atoms with Gasteiger partial charge in [-0.05, 0) is 18.9 Å². The van der Waals surface area contributed by atoms with Crippen molar-refractivity contribution in [1.29, 1.82) is 0 Å². The second-order valence-electron chi connectivity index (χ2n) is 5.59. The van der Waals surface area contributed by atoms with Gasteiger partial charge in [0.15, 0.2) is 0 Å². The molecule has 118 valence electrons. The number of hydrogen-bond donors (Lipinski definition) is 1. The van der Waals surface area contributed by atoms with Crippen molar-refractivity contribution in [2.75, 3.05) is 14.2 Å². The average molecular weight is 304 g/mol. The zero-order chi connectivity index (χ0) is 16.5.